The first kappa shape index (κ1) is 25.3. The highest BCUT2D eigenvalue weighted by atomic mass is 35.5. The highest BCUT2D eigenvalue weighted by Crippen LogP contribution is 2.38. The number of thioether (sulfide) groups is 1. The maximum Gasteiger partial charge on any atom is 0.417 e. The van der Waals surface area contributed by atoms with Crippen LogP contribution < -0.4 is 5.73 Å². The van der Waals surface area contributed by atoms with Crippen molar-refractivity contribution in [3.8, 4) is 0 Å². The van der Waals surface area contributed by atoms with E-state index in [1.165, 1.54) is 6.07 Å². The fraction of sp³-hybridized carbons (Fsp3) is 0.429. The van der Waals surface area contributed by atoms with E-state index in [4.69, 9.17) is 28.9 Å². The fourth-order valence-electron chi connectivity index (χ4n) is 2.83. The number of alkyl halides is 3. The van der Waals surface area contributed by atoms with Crippen molar-refractivity contribution in [2.45, 2.75) is 42.3 Å². The van der Waals surface area contributed by atoms with E-state index in [2.05, 4.69) is 0 Å². The van der Waals surface area contributed by atoms with E-state index in [0.29, 0.717) is 34.2 Å². The molecular weight excluding hydrogens is 458 g/mol. The number of aliphatic hydroxyl groups excluding tert-OH is 2. The molecule has 2 aromatic rings. The van der Waals surface area contributed by atoms with E-state index in [0.717, 1.165) is 23.4 Å². The van der Waals surface area contributed by atoms with Crippen LogP contribution in [0.1, 0.15) is 29.5 Å². The first-order chi connectivity index (χ1) is 14.1. The molecule has 9 heteroatoms. The van der Waals surface area contributed by atoms with Gasteiger partial charge in [-0.2, -0.15) is 13.2 Å². The molecule has 166 valence electrons. The van der Waals surface area contributed by atoms with Gasteiger partial charge in [0.1, 0.15) is 0 Å². The molecule has 3 nitrogen and oxygen atoms in total. The van der Waals surface area contributed by atoms with Crippen LogP contribution >= 0.6 is 35.0 Å². The van der Waals surface area contributed by atoms with Crippen LogP contribution in [-0.4, -0.2) is 34.7 Å². The minimum Gasteiger partial charge on any atom is -0.394 e. The van der Waals surface area contributed by atoms with Crippen LogP contribution in [-0.2, 0) is 19.0 Å². The molecule has 0 heterocycles. The minimum atomic E-state index is -4.48. The van der Waals surface area contributed by atoms with E-state index in [1.807, 2.05) is 6.07 Å². The molecule has 0 aliphatic heterocycles. The van der Waals surface area contributed by atoms with Crippen LogP contribution in [0.25, 0.3) is 0 Å². The van der Waals surface area contributed by atoms with Gasteiger partial charge in [0.15, 0.2) is 0 Å². The van der Waals surface area contributed by atoms with Crippen LogP contribution in [0, 0.1) is 0 Å². The fourth-order valence-corrected chi connectivity index (χ4v) is 4.16. The van der Waals surface area contributed by atoms with Crippen LogP contribution in [0.2, 0.25) is 10.0 Å². The number of aryl methyl sites for hydroxylation is 2. The van der Waals surface area contributed by atoms with Gasteiger partial charge in [0.25, 0.3) is 0 Å². The van der Waals surface area contributed by atoms with Crippen molar-refractivity contribution in [2.24, 2.45) is 5.73 Å². The van der Waals surface area contributed by atoms with Gasteiger partial charge in [-0.3, -0.25) is 0 Å². The number of benzene rings is 2. The molecule has 0 amide bonds. The average molecular weight is 482 g/mol. The third kappa shape index (κ3) is 7.32. The lowest BCUT2D eigenvalue weighted by molar-refractivity contribution is -0.139. The molecule has 0 saturated carbocycles. The lowest BCUT2D eigenvalue weighted by Gasteiger charge is -2.24. The van der Waals surface area contributed by atoms with Crippen LogP contribution in [0.15, 0.2) is 41.3 Å². The third-order valence-corrected chi connectivity index (χ3v) is 6.64. The van der Waals surface area contributed by atoms with Crippen molar-refractivity contribution in [3.05, 3.63) is 63.1 Å². The summed E-state index contributed by atoms with van der Waals surface area (Å²) in [7, 11) is 0. The summed E-state index contributed by atoms with van der Waals surface area (Å²) >= 11 is 13.0. The van der Waals surface area contributed by atoms with Crippen molar-refractivity contribution in [3.63, 3.8) is 0 Å². The molecule has 0 bridgehead atoms. The third-order valence-electron chi connectivity index (χ3n) is 4.74. The Labute approximate surface area is 188 Å². The maximum absolute atomic E-state index is 13.5. The molecule has 0 aliphatic carbocycles. The minimum absolute atomic E-state index is 0.170. The van der Waals surface area contributed by atoms with E-state index >= 15 is 0 Å². The number of rotatable bonds is 10. The van der Waals surface area contributed by atoms with Gasteiger partial charge < -0.3 is 15.9 Å². The molecule has 0 saturated heterocycles. The summed E-state index contributed by atoms with van der Waals surface area (Å²) in [5.74, 6) is 0.517. The van der Waals surface area contributed by atoms with Crippen molar-refractivity contribution >= 4 is 35.0 Å². The molecule has 0 radical (unpaired) electrons. The Kier molecular flexibility index (Phi) is 9.33. The molecule has 0 unspecified atom stereocenters. The first-order valence-corrected chi connectivity index (χ1v) is 11.1. The number of halogens is 5. The first-order valence-electron chi connectivity index (χ1n) is 9.35. The van der Waals surface area contributed by atoms with E-state index in [1.54, 1.807) is 18.2 Å². The highest BCUT2D eigenvalue weighted by molar-refractivity contribution is 7.99. The van der Waals surface area contributed by atoms with Gasteiger partial charge in [0.05, 0.1) is 34.4 Å². The second-order valence-corrected chi connectivity index (χ2v) is 9.16. The van der Waals surface area contributed by atoms with E-state index in [-0.39, 0.29) is 17.7 Å². The van der Waals surface area contributed by atoms with Gasteiger partial charge in [0.2, 0.25) is 0 Å². The molecule has 0 aliphatic rings. The Morgan fingerprint density at radius 1 is 0.900 bits per heavy atom. The highest BCUT2D eigenvalue weighted by Gasteiger charge is 2.34. The number of hydrogen-bond donors (Lipinski definition) is 3. The van der Waals surface area contributed by atoms with E-state index in [9.17, 15) is 23.4 Å². The zero-order chi connectivity index (χ0) is 22.4. The largest absolute Gasteiger partial charge is 0.417 e. The SMILES string of the molecule is NC(CO)(CO)CCc1ccc(SCCCc2ccc(Cl)c(Cl)c2)c(C(F)(F)F)c1. The standard InChI is InChI=1S/C21H24Cl2F3NO2S/c22-17-5-3-14(11-18(17)23)2-1-9-30-19-6-4-15(10-16(19)21(24,25)26)7-8-20(27,12-28)13-29/h3-6,10-11,28-29H,1-2,7-9,12-13,27H2. The summed E-state index contributed by atoms with van der Waals surface area (Å²) in [6.07, 6.45) is -2.71. The Bertz CT molecular complexity index is 845. The molecular formula is C21H24Cl2F3NO2S. The molecule has 0 spiro atoms. The number of nitrogens with two attached hydrogens (primary N) is 1. The van der Waals surface area contributed by atoms with Gasteiger partial charge in [-0.15, -0.1) is 11.8 Å². The Morgan fingerprint density at radius 2 is 1.53 bits per heavy atom. The topological polar surface area (TPSA) is 66.5 Å². The van der Waals surface area contributed by atoms with Crippen molar-refractivity contribution in [2.75, 3.05) is 19.0 Å². The van der Waals surface area contributed by atoms with Gasteiger partial charge in [0, 0.05) is 4.90 Å². The normalized spacial score (nSPS) is 12.4. The molecule has 4 N–H and O–H groups in total. The molecule has 0 atom stereocenters. The van der Waals surface area contributed by atoms with E-state index < -0.39 is 30.5 Å². The zero-order valence-corrected chi connectivity index (χ0v) is 18.5. The predicted octanol–water partition coefficient (Wildman–Crippen LogP) is 5.35. The van der Waals surface area contributed by atoms with Gasteiger partial charge in [-0.05, 0) is 66.8 Å². The smallest absolute Gasteiger partial charge is 0.394 e. The summed E-state index contributed by atoms with van der Waals surface area (Å²) in [6, 6.07) is 9.54. The van der Waals surface area contributed by atoms with Crippen LogP contribution in [0.4, 0.5) is 13.2 Å². The number of aliphatic hydroxyl groups is 2. The molecule has 0 aromatic heterocycles. The lowest BCUT2D eigenvalue weighted by Crippen LogP contribution is -2.47. The quantitative estimate of drug-likeness (QED) is 0.316. The zero-order valence-electron chi connectivity index (χ0n) is 16.2. The van der Waals surface area contributed by atoms with Crippen LogP contribution in [0.5, 0.6) is 0 Å². The lowest BCUT2D eigenvalue weighted by atomic mass is 9.93. The van der Waals surface area contributed by atoms with Crippen molar-refractivity contribution < 1.29 is 23.4 Å². The summed E-state index contributed by atoms with van der Waals surface area (Å²) in [5.41, 5.74) is 5.34. The van der Waals surface area contributed by atoms with Crippen molar-refractivity contribution in [1.29, 1.82) is 0 Å². The molecule has 2 aromatic carbocycles. The number of hydrogen-bond acceptors (Lipinski definition) is 4. The summed E-state index contributed by atoms with van der Waals surface area (Å²) in [5, 5.41) is 19.4. The summed E-state index contributed by atoms with van der Waals surface area (Å²) in [4.78, 5) is 0.170. The Balaban J connectivity index is 2.01. The Morgan fingerprint density at radius 3 is 2.13 bits per heavy atom. The Hall–Kier alpha value is -0.960. The maximum atomic E-state index is 13.5. The molecule has 0 fully saturated rings. The van der Waals surface area contributed by atoms with Gasteiger partial charge in [-0.1, -0.05) is 35.3 Å². The molecule has 30 heavy (non-hydrogen) atoms. The second kappa shape index (κ2) is 11.1. The monoisotopic (exact) mass is 481 g/mol. The second-order valence-electron chi connectivity index (χ2n) is 7.21. The van der Waals surface area contributed by atoms with Crippen molar-refractivity contribution in [1.82, 2.24) is 0 Å². The van der Waals surface area contributed by atoms with Gasteiger partial charge >= 0.3 is 6.18 Å². The molecule has 2 rings (SSSR count). The summed E-state index contributed by atoms with van der Waals surface area (Å²) in [6.45, 7) is -0.884. The average Bonchev–Trinajstić information content (AvgIpc) is 2.71. The predicted molar refractivity (Wildman–Crippen MR) is 116 cm³/mol. The summed E-state index contributed by atoms with van der Waals surface area (Å²) < 4.78 is 40.6. The van der Waals surface area contributed by atoms with Gasteiger partial charge in [-0.25, -0.2) is 0 Å². The van der Waals surface area contributed by atoms with Crippen LogP contribution in [0.3, 0.4) is 0 Å².